The summed E-state index contributed by atoms with van der Waals surface area (Å²) in [6.45, 7) is 8.21. The first-order valence-corrected chi connectivity index (χ1v) is 15.1. The van der Waals surface area contributed by atoms with Gasteiger partial charge >= 0.3 is 12.2 Å². The Bertz CT molecular complexity index is 1670. The number of benzene rings is 1. The highest BCUT2D eigenvalue weighted by Crippen LogP contribution is 2.38. The average molecular weight is 627 g/mol. The largest absolute Gasteiger partial charge is 0.488 e. The Hall–Kier alpha value is -4.26. The van der Waals surface area contributed by atoms with Crippen LogP contribution in [0.4, 0.5) is 18.0 Å². The number of rotatable bonds is 9. The van der Waals surface area contributed by atoms with Crippen LogP contribution in [-0.2, 0) is 11.0 Å². The number of likely N-dealkylation sites (N-methyl/N-ethyl adjacent to an activating group) is 1. The summed E-state index contributed by atoms with van der Waals surface area (Å²) in [7, 11) is 1.72. The quantitative estimate of drug-likeness (QED) is 0.156. The number of ether oxygens (including phenoxy) is 1. The molecule has 1 unspecified atom stereocenters. The second kappa shape index (κ2) is 12.8. The van der Waals surface area contributed by atoms with E-state index in [4.69, 9.17) is 4.74 Å². The van der Waals surface area contributed by atoms with E-state index in [1.165, 1.54) is 28.2 Å². The molecular formula is C31H33F3N6O3S. The van der Waals surface area contributed by atoms with E-state index in [2.05, 4.69) is 21.5 Å². The number of amides is 2. The highest BCUT2D eigenvalue weighted by atomic mass is 32.1. The minimum atomic E-state index is -4.58. The number of nitrogens with zero attached hydrogens (tertiary/aromatic N) is 6. The number of carbonyl (C=O) groups excluding carboxylic acids is 2. The Morgan fingerprint density at radius 2 is 2.02 bits per heavy atom. The number of likely N-dealkylation sites (tertiary alicyclic amines) is 1. The van der Waals surface area contributed by atoms with Crippen molar-refractivity contribution in [2.45, 2.75) is 57.9 Å². The Morgan fingerprint density at radius 1 is 1.23 bits per heavy atom. The molecule has 44 heavy (non-hydrogen) atoms. The molecule has 13 heteroatoms. The van der Waals surface area contributed by atoms with Gasteiger partial charge in [0.25, 0.3) is 0 Å². The molecule has 3 aromatic heterocycles. The molecule has 1 saturated heterocycles. The summed E-state index contributed by atoms with van der Waals surface area (Å²) in [5.41, 5.74) is 1.66. The first-order chi connectivity index (χ1) is 21.0. The van der Waals surface area contributed by atoms with Crippen LogP contribution in [-0.4, -0.2) is 73.5 Å². The Morgan fingerprint density at radius 3 is 2.70 bits per heavy atom. The second-order valence-electron chi connectivity index (χ2n) is 10.9. The number of pyridine rings is 1. The van der Waals surface area contributed by atoms with E-state index in [1.807, 2.05) is 32.1 Å². The molecule has 5 rings (SSSR count). The van der Waals surface area contributed by atoms with E-state index >= 15 is 0 Å². The molecule has 0 bridgehead atoms. The van der Waals surface area contributed by atoms with Gasteiger partial charge in [-0.05, 0) is 50.3 Å². The summed E-state index contributed by atoms with van der Waals surface area (Å²) in [4.78, 5) is 42.7. The maximum atomic E-state index is 13.6. The average Bonchev–Trinajstić information content (AvgIpc) is 3.78. The summed E-state index contributed by atoms with van der Waals surface area (Å²) in [5.74, 6) is 0.195. The van der Waals surface area contributed by atoms with Crippen LogP contribution in [0.15, 0.2) is 55.0 Å². The van der Waals surface area contributed by atoms with Gasteiger partial charge in [-0.3, -0.25) is 9.36 Å². The van der Waals surface area contributed by atoms with Crippen LogP contribution in [0.5, 0.6) is 5.75 Å². The van der Waals surface area contributed by atoms with Crippen LogP contribution in [0, 0.1) is 13.8 Å². The number of imidazole rings is 1. The van der Waals surface area contributed by atoms with E-state index in [0.29, 0.717) is 23.2 Å². The molecule has 0 saturated carbocycles. The van der Waals surface area contributed by atoms with Crippen LogP contribution >= 0.6 is 11.3 Å². The summed E-state index contributed by atoms with van der Waals surface area (Å²) < 4.78 is 47.8. The topological polar surface area (TPSA) is 93.5 Å². The van der Waals surface area contributed by atoms with Crippen molar-refractivity contribution in [1.29, 1.82) is 0 Å². The third-order valence-corrected chi connectivity index (χ3v) is 8.69. The molecule has 1 aliphatic heterocycles. The van der Waals surface area contributed by atoms with Crippen LogP contribution in [0.2, 0.25) is 0 Å². The first kappa shape index (κ1) is 31.2. The zero-order valence-corrected chi connectivity index (χ0v) is 25.5. The van der Waals surface area contributed by atoms with Crippen molar-refractivity contribution in [3.05, 3.63) is 71.8 Å². The second-order valence-corrected chi connectivity index (χ2v) is 11.7. The maximum Gasteiger partial charge on any atom is 0.434 e. The number of hydrogen-bond donors (Lipinski definition) is 0. The van der Waals surface area contributed by atoms with Gasteiger partial charge in [-0.15, -0.1) is 17.9 Å². The number of alkyl halides is 3. The number of thiazole rings is 1. The zero-order chi connectivity index (χ0) is 31.6. The summed E-state index contributed by atoms with van der Waals surface area (Å²) in [5, 5.41) is 1.75. The molecule has 0 N–H and O–H groups in total. The lowest BCUT2D eigenvalue weighted by atomic mass is 10.0. The lowest BCUT2D eigenvalue weighted by molar-refractivity contribution is -0.140. The van der Waals surface area contributed by atoms with Crippen LogP contribution in [0.1, 0.15) is 42.5 Å². The maximum absolute atomic E-state index is 13.6. The standard InChI is InChI=1S/C31H33F3N6O3S/c1-5-6-7-8-12-38(4)29(41)24-14-21(16-40(24)30(42)39-13-11-35-18-39)43-25-15-23(28-37-26(17-44-28)31(32,33)34)36-27-20(3)19(2)9-10-22(25)27/h5,9-11,13,15,17-18,21,24H,1,6-8,12,14,16H2,2-4H3/t21?,24-/m0/s1. The van der Waals surface area contributed by atoms with E-state index in [9.17, 15) is 22.8 Å². The van der Waals surface area contributed by atoms with E-state index in [0.717, 1.165) is 47.1 Å². The Kier molecular flexibility index (Phi) is 9.05. The highest BCUT2D eigenvalue weighted by Gasteiger charge is 2.42. The minimum Gasteiger partial charge on any atom is -0.488 e. The van der Waals surface area contributed by atoms with Crippen molar-refractivity contribution in [3.63, 3.8) is 0 Å². The number of aromatic nitrogens is 4. The number of carbonyl (C=O) groups is 2. The number of fused-ring (bicyclic) bond motifs is 1. The molecule has 0 spiro atoms. The minimum absolute atomic E-state index is 0.111. The first-order valence-electron chi connectivity index (χ1n) is 14.2. The number of aryl methyl sites for hydroxylation is 2. The highest BCUT2D eigenvalue weighted by molar-refractivity contribution is 7.13. The van der Waals surface area contributed by atoms with Crippen LogP contribution in [0.25, 0.3) is 21.6 Å². The molecule has 2 amide bonds. The van der Waals surface area contributed by atoms with E-state index in [1.54, 1.807) is 18.0 Å². The van der Waals surface area contributed by atoms with Gasteiger partial charge < -0.3 is 14.5 Å². The molecule has 232 valence electrons. The lowest BCUT2D eigenvalue weighted by Crippen LogP contribution is -2.47. The van der Waals surface area contributed by atoms with Gasteiger partial charge in [0.2, 0.25) is 5.91 Å². The number of unbranched alkanes of at least 4 members (excludes halogenated alkanes) is 2. The molecule has 2 atom stereocenters. The van der Waals surface area contributed by atoms with Crippen molar-refractivity contribution in [3.8, 4) is 16.5 Å². The molecule has 1 aliphatic rings. The van der Waals surface area contributed by atoms with Gasteiger partial charge in [0, 0.05) is 49.2 Å². The lowest BCUT2D eigenvalue weighted by Gasteiger charge is -2.27. The van der Waals surface area contributed by atoms with Gasteiger partial charge in [-0.1, -0.05) is 12.1 Å². The number of hydrogen-bond acceptors (Lipinski definition) is 7. The molecule has 0 radical (unpaired) electrons. The van der Waals surface area contributed by atoms with Crippen LogP contribution < -0.4 is 4.74 Å². The fourth-order valence-corrected chi connectivity index (χ4v) is 6.04. The van der Waals surface area contributed by atoms with Gasteiger partial charge in [0.15, 0.2) is 5.69 Å². The van der Waals surface area contributed by atoms with Gasteiger partial charge in [-0.25, -0.2) is 19.7 Å². The molecule has 1 aromatic carbocycles. The van der Waals surface area contributed by atoms with Gasteiger partial charge in [0.05, 0.1) is 12.1 Å². The number of halogens is 3. The third kappa shape index (κ3) is 6.47. The molecule has 4 heterocycles. The summed E-state index contributed by atoms with van der Waals surface area (Å²) >= 11 is 0.853. The van der Waals surface area contributed by atoms with Crippen molar-refractivity contribution in [2.75, 3.05) is 20.1 Å². The molecular weight excluding hydrogens is 593 g/mol. The molecule has 4 aromatic rings. The van der Waals surface area contributed by atoms with E-state index in [-0.39, 0.29) is 29.6 Å². The molecule has 9 nitrogen and oxygen atoms in total. The van der Waals surface area contributed by atoms with Gasteiger partial charge in [0.1, 0.15) is 34.9 Å². The fourth-order valence-electron chi connectivity index (χ4n) is 5.26. The zero-order valence-electron chi connectivity index (χ0n) is 24.7. The SMILES string of the molecule is C=CCCCCN(C)C(=O)[C@@H]1CC(Oc2cc(-c3nc(C(F)(F)F)cs3)nc3c(C)c(C)ccc23)CN1C(=O)n1ccnc1. The predicted octanol–water partition coefficient (Wildman–Crippen LogP) is 6.50. The van der Waals surface area contributed by atoms with Crippen molar-refractivity contribution in [2.24, 2.45) is 0 Å². The predicted molar refractivity (Wildman–Crippen MR) is 162 cm³/mol. The Balaban J connectivity index is 1.47. The Labute approximate surface area is 257 Å². The third-order valence-electron chi connectivity index (χ3n) is 7.82. The summed E-state index contributed by atoms with van der Waals surface area (Å²) in [6, 6.07) is 4.19. The monoisotopic (exact) mass is 626 g/mol. The number of allylic oxidation sites excluding steroid dienone is 1. The smallest absolute Gasteiger partial charge is 0.434 e. The summed E-state index contributed by atoms with van der Waals surface area (Å²) in [6.07, 6.45) is 3.86. The molecule has 1 fully saturated rings. The van der Waals surface area contributed by atoms with Gasteiger partial charge in [-0.2, -0.15) is 13.2 Å². The normalized spacial score (nSPS) is 16.8. The van der Waals surface area contributed by atoms with Crippen molar-refractivity contribution in [1.82, 2.24) is 29.3 Å². The van der Waals surface area contributed by atoms with Crippen molar-refractivity contribution >= 4 is 34.2 Å². The fraction of sp³-hybridized carbons (Fsp3) is 0.387. The van der Waals surface area contributed by atoms with Crippen molar-refractivity contribution < 1.29 is 27.5 Å². The molecule has 0 aliphatic carbocycles. The van der Waals surface area contributed by atoms with E-state index < -0.39 is 30.0 Å². The van der Waals surface area contributed by atoms with Crippen LogP contribution in [0.3, 0.4) is 0 Å².